The van der Waals surface area contributed by atoms with Crippen molar-refractivity contribution in [1.82, 2.24) is 5.32 Å². The quantitative estimate of drug-likeness (QED) is 0.864. The summed E-state index contributed by atoms with van der Waals surface area (Å²) in [5, 5.41) is 3.45. The summed E-state index contributed by atoms with van der Waals surface area (Å²) in [6, 6.07) is 0.402. The zero-order chi connectivity index (χ0) is 14.4. The van der Waals surface area contributed by atoms with E-state index in [-0.39, 0.29) is 11.8 Å². The number of ether oxygens (including phenoxy) is 1. The van der Waals surface area contributed by atoms with E-state index in [0.717, 1.165) is 37.2 Å². The van der Waals surface area contributed by atoms with Crippen molar-refractivity contribution in [3.63, 3.8) is 0 Å². The standard InChI is InChI=1S/C18H29NO2/c1-2-16(19-17(20)15-3-4-21-11-15)18-8-12-5-13(9-18)7-14(6-12)10-18/h12-16H,2-11H2,1H3,(H,19,20)/t12?,13?,14?,15-,16-,18?/m1/s1. The number of carbonyl (C=O) groups is 1. The Hall–Kier alpha value is -0.570. The first-order valence-corrected chi connectivity index (χ1v) is 9.06. The van der Waals surface area contributed by atoms with Crippen LogP contribution < -0.4 is 5.32 Å². The fourth-order valence-electron chi connectivity index (χ4n) is 6.32. The van der Waals surface area contributed by atoms with Gasteiger partial charge in [0.15, 0.2) is 0 Å². The average Bonchev–Trinajstić information content (AvgIpc) is 2.97. The maximum absolute atomic E-state index is 12.5. The van der Waals surface area contributed by atoms with Gasteiger partial charge < -0.3 is 10.1 Å². The predicted octanol–water partition coefficient (Wildman–Crippen LogP) is 3.13. The van der Waals surface area contributed by atoms with Crippen LogP contribution in [0.2, 0.25) is 0 Å². The Morgan fingerprint density at radius 3 is 2.29 bits per heavy atom. The van der Waals surface area contributed by atoms with Gasteiger partial charge in [-0.1, -0.05) is 6.92 Å². The normalized spacial score (nSPS) is 45.8. The third-order valence-electron chi connectivity index (χ3n) is 6.85. The molecule has 4 bridgehead atoms. The molecule has 0 spiro atoms. The highest BCUT2D eigenvalue weighted by Gasteiger charge is 2.54. The molecule has 4 aliphatic carbocycles. The molecule has 1 heterocycles. The van der Waals surface area contributed by atoms with Crippen LogP contribution in [0.15, 0.2) is 0 Å². The monoisotopic (exact) mass is 291 g/mol. The Morgan fingerprint density at radius 2 is 1.81 bits per heavy atom. The molecule has 1 N–H and O–H groups in total. The lowest BCUT2D eigenvalue weighted by molar-refractivity contribution is -0.130. The molecule has 5 aliphatic rings. The number of amides is 1. The van der Waals surface area contributed by atoms with Gasteiger partial charge in [-0.3, -0.25) is 4.79 Å². The lowest BCUT2D eigenvalue weighted by atomic mass is 9.47. The molecule has 2 atom stereocenters. The predicted molar refractivity (Wildman–Crippen MR) is 81.8 cm³/mol. The van der Waals surface area contributed by atoms with Crippen LogP contribution in [0.5, 0.6) is 0 Å². The molecular formula is C18H29NO2. The van der Waals surface area contributed by atoms with E-state index in [4.69, 9.17) is 4.74 Å². The van der Waals surface area contributed by atoms with E-state index in [2.05, 4.69) is 12.2 Å². The zero-order valence-corrected chi connectivity index (χ0v) is 13.3. The third kappa shape index (κ3) is 2.42. The Balaban J connectivity index is 1.48. The van der Waals surface area contributed by atoms with Crippen molar-refractivity contribution < 1.29 is 9.53 Å². The van der Waals surface area contributed by atoms with Crippen LogP contribution in [0.1, 0.15) is 58.3 Å². The van der Waals surface area contributed by atoms with Gasteiger partial charge in [0.05, 0.1) is 12.5 Å². The molecule has 5 fully saturated rings. The largest absolute Gasteiger partial charge is 0.381 e. The van der Waals surface area contributed by atoms with Crippen molar-refractivity contribution in [2.24, 2.45) is 29.1 Å². The van der Waals surface area contributed by atoms with E-state index < -0.39 is 0 Å². The van der Waals surface area contributed by atoms with Crippen molar-refractivity contribution >= 4 is 5.91 Å². The van der Waals surface area contributed by atoms with E-state index in [9.17, 15) is 4.79 Å². The van der Waals surface area contributed by atoms with Crippen LogP contribution in [0.4, 0.5) is 0 Å². The maximum atomic E-state index is 12.5. The summed E-state index contributed by atoms with van der Waals surface area (Å²) in [7, 11) is 0. The van der Waals surface area contributed by atoms with E-state index in [1.807, 2.05) is 0 Å². The first-order chi connectivity index (χ1) is 10.2. The van der Waals surface area contributed by atoms with Crippen molar-refractivity contribution in [3.8, 4) is 0 Å². The lowest BCUT2D eigenvalue weighted by Gasteiger charge is -2.59. The summed E-state index contributed by atoms with van der Waals surface area (Å²) in [5.41, 5.74) is 0.429. The van der Waals surface area contributed by atoms with E-state index >= 15 is 0 Å². The van der Waals surface area contributed by atoms with Gasteiger partial charge in [0.1, 0.15) is 0 Å². The van der Waals surface area contributed by atoms with Gasteiger partial charge in [-0.15, -0.1) is 0 Å². The molecule has 0 aromatic carbocycles. The number of carbonyl (C=O) groups excluding carboxylic acids is 1. The molecule has 3 nitrogen and oxygen atoms in total. The minimum absolute atomic E-state index is 0.105. The van der Waals surface area contributed by atoms with Gasteiger partial charge in [0.2, 0.25) is 5.91 Å². The van der Waals surface area contributed by atoms with Crippen molar-refractivity contribution in [2.75, 3.05) is 13.2 Å². The number of hydrogen-bond donors (Lipinski definition) is 1. The average molecular weight is 291 g/mol. The topological polar surface area (TPSA) is 38.3 Å². The second kappa shape index (κ2) is 5.26. The van der Waals surface area contributed by atoms with Gasteiger partial charge >= 0.3 is 0 Å². The van der Waals surface area contributed by atoms with Crippen LogP contribution in [0, 0.1) is 29.1 Å². The molecule has 4 saturated carbocycles. The Kier molecular flexibility index (Phi) is 3.52. The third-order valence-corrected chi connectivity index (χ3v) is 6.85. The highest BCUT2D eigenvalue weighted by Crippen LogP contribution is 2.61. The first-order valence-electron chi connectivity index (χ1n) is 9.06. The summed E-state index contributed by atoms with van der Waals surface area (Å²) in [5.74, 6) is 3.23. The highest BCUT2D eigenvalue weighted by atomic mass is 16.5. The fraction of sp³-hybridized carbons (Fsp3) is 0.944. The number of hydrogen-bond acceptors (Lipinski definition) is 2. The van der Waals surface area contributed by atoms with Gasteiger partial charge in [-0.2, -0.15) is 0 Å². The van der Waals surface area contributed by atoms with Gasteiger partial charge in [0, 0.05) is 12.6 Å². The molecule has 5 rings (SSSR count). The number of nitrogens with one attached hydrogen (secondary N) is 1. The van der Waals surface area contributed by atoms with E-state index in [1.165, 1.54) is 38.5 Å². The Bertz CT molecular complexity index is 378. The molecule has 3 heteroatoms. The SMILES string of the molecule is CC[C@@H](NC(=O)[C@@H]1CCOC1)C12CC3CC(CC(C3)C1)C2. The summed E-state index contributed by atoms with van der Waals surface area (Å²) >= 11 is 0. The summed E-state index contributed by atoms with van der Waals surface area (Å²) in [6.07, 6.45) is 10.5. The summed E-state index contributed by atoms with van der Waals surface area (Å²) in [6.45, 7) is 3.64. The van der Waals surface area contributed by atoms with Crippen molar-refractivity contribution in [2.45, 2.75) is 64.3 Å². The number of rotatable bonds is 4. The van der Waals surface area contributed by atoms with Crippen LogP contribution in [-0.4, -0.2) is 25.2 Å². The van der Waals surface area contributed by atoms with Gasteiger partial charge in [-0.25, -0.2) is 0 Å². The fourth-order valence-corrected chi connectivity index (χ4v) is 6.32. The van der Waals surface area contributed by atoms with Crippen molar-refractivity contribution in [1.29, 1.82) is 0 Å². The van der Waals surface area contributed by atoms with Crippen LogP contribution >= 0.6 is 0 Å². The second-order valence-electron chi connectivity index (χ2n) is 8.31. The molecule has 21 heavy (non-hydrogen) atoms. The van der Waals surface area contributed by atoms with Crippen LogP contribution in [-0.2, 0) is 9.53 Å². The van der Waals surface area contributed by atoms with Gasteiger partial charge in [0.25, 0.3) is 0 Å². The highest BCUT2D eigenvalue weighted by molar-refractivity contribution is 5.79. The molecule has 118 valence electrons. The van der Waals surface area contributed by atoms with E-state index in [1.54, 1.807) is 0 Å². The molecule has 1 saturated heterocycles. The molecule has 0 aromatic heterocycles. The first kappa shape index (κ1) is 14.0. The molecule has 1 amide bonds. The molecule has 0 radical (unpaired) electrons. The lowest BCUT2D eigenvalue weighted by Crippen LogP contribution is -2.57. The molecule has 0 aromatic rings. The smallest absolute Gasteiger partial charge is 0.225 e. The Labute approximate surface area is 128 Å². The van der Waals surface area contributed by atoms with E-state index in [0.29, 0.717) is 18.1 Å². The molecule has 1 aliphatic heterocycles. The molecule has 0 unspecified atom stereocenters. The van der Waals surface area contributed by atoms with Crippen LogP contribution in [0.3, 0.4) is 0 Å². The summed E-state index contributed by atoms with van der Waals surface area (Å²) in [4.78, 5) is 12.5. The van der Waals surface area contributed by atoms with Gasteiger partial charge in [-0.05, 0) is 74.5 Å². The van der Waals surface area contributed by atoms with Crippen molar-refractivity contribution in [3.05, 3.63) is 0 Å². The maximum Gasteiger partial charge on any atom is 0.225 e. The minimum atomic E-state index is 0.105. The minimum Gasteiger partial charge on any atom is -0.381 e. The molecular weight excluding hydrogens is 262 g/mol. The van der Waals surface area contributed by atoms with Crippen LogP contribution in [0.25, 0.3) is 0 Å². The summed E-state index contributed by atoms with van der Waals surface area (Å²) < 4.78 is 5.38. The zero-order valence-electron chi connectivity index (χ0n) is 13.3. The Morgan fingerprint density at radius 1 is 1.19 bits per heavy atom. The second-order valence-corrected chi connectivity index (χ2v) is 8.31.